The van der Waals surface area contributed by atoms with Gasteiger partial charge in [-0.25, -0.2) is 0 Å². The van der Waals surface area contributed by atoms with Gasteiger partial charge >= 0.3 is 17.1 Å². The number of thioether (sulfide) groups is 3. The molecule has 0 N–H and O–H groups in total. The summed E-state index contributed by atoms with van der Waals surface area (Å²) in [5.41, 5.74) is -0.253. The molecule has 7 nitrogen and oxygen atoms in total. The smallest absolute Gasteiger partial charge is 0.872 e. The van der Waals surface area contributed by atoms with Gasteiger partial charge in [0.15, 0.2) is 0 Å². The maximum absolute atomic E-state index is 13.8. The minimum absolute atomic E-state index is 0. The number of carboxylic acid groups (broad SMARTS) is 1. The minimum Gasteiger partial charge on any atom is -0.872 e. The van der Waals surface area contributed by atoms with Gasteiger partial charge in [-0.15, -0.1) is 35.3 Å². The van der Waals surface area contributed by atoms with Crippen molar-refractivity contribution in [3.63, 3.8) is 0 Å². The number of hydrogen-bond donors (Lipinski definition) is 0. The SMILES string of the molecule is CCCCCc1cccc([O-])c1C1=N[C@@H]([C@H]2SC[C@@H]([C@@H]([O-])C(C)(C)C3=N[C@@](C)(C(=O)[O-])CS3)N2C)CS1.[Fe+4]. The molecule has 0 amide bonds. The monoisotopic (exact) mass is 618 g/mol. The van der Waals surface area contributed by atoms with Gasteiger partial charge in [0.25, 0.3) is 0 Å². The average Bonchev–Trinajstić information content (AvgIpc) is 3.58. The molecule has 3 aliphatic heterocycles. The first-order chi connectivity index (χ1) is 17.5. The third-order valence-corrected chi connectivity index (χ3v) is 11.8. The van der Waals surface area contributed by atoms with E-state index in [4.69, 9.17) is 4.99 Å². The molecule has 1 saturated heterocycles. The number of unbranched alkanes of at least 4 members (excludes halogenated alkanes) is 2. The summed E-state index contributed by atoms with van der Waals surface area (Å²) in [6, 6.07) is 5.28. The van der Waals surface area contributed by atoms with Gasteiger partial charge in [0.2, 0.25) is 0 Å². The van der Waals surface area contributed by atoms with Crippen LogP contribution in [0.2, 0.25) is 0 Å². The zero-order valence-corrected chi connectivity index (χ0v) is 26.1. The second kappa shape index (κ2) is 12.9. The minimum atomic E-state index is -1.28. The van der Waals surface area contributed by atoms with Crippen molar-refractivity contribution in [2.45, 2.75) is 82.5 Å². The van der Waals surface area contributed by atoms with Crippen LogP contribution in [0.5, 0.6) is 5.75 Å². The van der Waals surface area contributed by atoms with Gasteiger partial charge in [0.1, 0.15) is 5.54 Å². The van der Waals surface area contributed by atoms with Crippen LogP contribution in [0, 0.1) is 5.41 Å². The Balaban J connectivity index is 0.00000400. The van der Waals surface area contributed by atoms with Crippen LogP contribution >= 0.6 is 35.3 Å². The number of aliphatic carboxylic acids is 1. The molecule has 0 unspecified atom stereocenters. The number of nitrogens with zero attached hydrogens (tertiary/aromatic N) is 3. The van der Waals surface area contributed by atoms with E-state index in [1.165, 1.54) is 11.8 Å². The number of benzene rings is 1. The first-order valence-electron chi connectivity index (χ1n) is 12.9. The molecule has 3 aliphatic rings. The van der Waals surface area contributed by atoms with E-state index in [2.05, 4.69) is 22.9 Å². The standard InChI is InChI=1S/C27H38N3O4S3.Fe/c1-6-7-8-10-16-11-9-12-19(31)20(16)22-28-17(13-35-22)23-30(5)18(14-36-23)21(32)26(2,3)24-29-27(4,15-37-24)25(33)34;/h9,11-12,17-18,21,23,31H,6-8,10,13-15H2,1-5H3,(H,33,34);/q-1;+4/p-2/t17-,18+,21-,23-,27-;/m1./s1. The van der Waals surface area contributed by atoms with Gasteiger partial charge in [-0.2, -0.15) is 0 Å². The van der Waals surface area contributed by atoms with Crippen LogP contribution in [0.15, 0.2) is 28.2 Å². The molecule has 1 aromatic carbocycles. The Morgan fingerprint density at radius 2 is 2.00 bits per heavy atom. The van der Waals surface area contributed by atoms with Crippen LogP contribution in [0.1, 0.15) is 58.1 Å². The van der Waals surface area contributed by atoms with Gasteiger partial charge in [0.05, 0.1) is 27.5 Å². The predicted octanol–water partition coefficient (Wildman–Crippen LogP) is 2.13. The number of aryl methyl sites for hydroxylation is 1. The zero-order valence-electron chi connectivity index (χ0n) is 22.5. The third kappa shape index (κ3) is 6.29. The second-order valence-corrected chi connectivity index (χ2v) is 14.0. The summed E-state index contributed by atoms with van der Waals surface area (Å²) in [7, 11) is 1.99. The first-order valence-corrected chi connectivity index (χ1v) is 16.0. The Kier molecular flexibility index (Phi) is 10.8. The van der Waals surface area contributed by atoms with Crippen LogP contribution in [0.3, 0.4) is 0 Å². The van der Waals surface area contributed by atoms with E-state index < -0.39 is 23.0 Å². The number of hydrogen-bond acceptors (Lipinski definition) is 10. The van der Waals surface area contributed by atoms with Gasteiger partial charge in [-0.05, 0) is 32.4 Å². The molecule has 208 valence electrons. The molecular formula is C27H36FeN3O4S3+. The van der Waals surface area contributed by atoms with E-state index >= 15 is 0 Å². The van der Waals surface area contributed by atoms with Gasteiger partial charge in [-0.1, -0.05) is 63.7 Å². The third-order valence-electron chi connectivity index (χ3n) is 7.63. The summed E-state index contributed by atoms with van der Waals surface area (Å²) in [6.45, 7) is 7.47. The fourth-order valence-corrected chi connectivity index (χ4v) is 9.33. The van der Waals surface area contributed by atoms with Crippen molar-refractivity contribution in [3.05, 3.63) is 29.3 Å². The quantitative estimate of drug-likeness (QED) is 0.290. The molecule has 11 heteroatoms. The van der Waals surface area contributed by atoms with Crippen LogP contribution in [-0.2, 0) is 28.3 Å². The Hall–Kier alpha value is -0.681. The Morgan fingerprint density at radius 1 is 1.26 bits per heavy atom. The predicted molar refractivity (Wildman–Crippen MR) is 151 cm³/mol. The molecule has 0 aliphatic carbocycles. The van der Waals surface area contributed by atoms with Crippen molar-refractivity contribution >= 4 is 51.3 Å². The Morgan fingerprint density at radius 3 is 2.66 bits per heavy atom. The molecule has 1 aromatic rings. The average molecular weight is 619 g/mol. The van der Waals surface area contributed by atoms with Gasteiger partial charge in [0, 0.05) is 34.3 Å². The summed E-state index contributed by atoms with van der Waals surface area (Å²) in [5, 5.41) is 39.6. The van der Waals surface area contributed by atoms with E-state index in [0.29, 0.717) is 10.8 Å². The van der Waals surface area contributed by atoms with Crippen LogP contribution in [-0.4, -0.2) is 74.4 Å². The summed E-state index contributed by atoms with van der Waals surface area (Å²) >= 11 is 4.75. The molecule has 4 rings (SSSR count). The van der Waals surface area contributed by atoms with Crippen LogP contribution in [0.25, 0.3) is 0 Å². The van der Waals surface area contributed by atoms with E-state index in [1.54, 1.807) is 36.5 Å². The van der Waals surface area contributed by atoms with E-state index in [9.17, 15) is 20.1 Å². The summed E-state index contributed by atoms with van der Waals surface area (Å²) in [4.78, 5) is 23.1. The number of rotatable bonds is 10. The first kappa shape index (κ1) is 31.8. The molecule has 3 heterocycles. The molecule has 0 aromatic heterocycles. The maximum atomic E-state index is 13.8. The summed E-state index contributed by atoms with van der Waals surface area (Å²) < 4.78 is 0. The van der Waals surface area contributed by atoms with Crippen molar-refractivity contribution in [1.29, 1.82) is 0 Å². The second-order valence-electron chi connectivity index (χ2n) is 10.9. The Labute approximate surface area is 249 Å². The number of carbonyl (C=O) groups excluding carboxylic acids is 1. The molecule has 0 bridgehead atoms. The molecule has 5 atom stereocenters. The molecule has 0 spiro atoms. The van der Waals surface area contributed by atoms with Crippen molar-refractivity contribution < 1.29 is 37.2 Å². The van der Waals surface area contributed by atoms with Crippen molar-refractivity contribution in [1.82, 2.24) is 4.90 Å². The fraction of sp³-hybridized carbons (Fsp3) is 0.667. The van der Waals surface area contributed by atoms with E-state index in [-0.39, 0.29) is 46.0 Å². The zero-order chi connectivity index (χ0) is 27.0. The van der Waals surface area contributed by atoms with Crippen molar-refractivity contribution in [3.8, 4) is 5.75 Å². The largest absolute Gasteiger partial charge is 4.00 e. The summed E-state index contributed by atoms with van der Waals surface area (Å²) in [5.74, 6) is 0.581. The van der Waals surface area contributed by atoms with E-state index in [0.717, 1.165) is 47.6 Å². The maximum Gasteiger partial charge on any atom is 4.00 e. The van der Waals surface area contributed by atoms with Crippen molar-refractivity contribution in [2.75, 3.05) is 24.3 Å². The van der Waals surface area contributed by atoms with Gasteiger partial charge in [-0.3, -0.25) is 14.9 Å². The summed E-state index contributed by atoms with van der Waals surface area (Å²) in [6.07, 6.45) is 3.24. The van der Waals surface area contributed by atoms with E-state index in [1.807, 2.05) is 27.0 Å². The molecule has 0 radical (unpaired) electrons. The molecule has 0 saturated carbocycles. The molecule has 1 fully saturated rings. The topological polar surface area (TPSA) is 114 Å². The van der Waals surface area contributed by atoms with Crippen LogP contribution in [0.4, 0.5) is 0 Å². The Bertz CT molecular complexity index is 1090. The number of aliphatic imine (C=N–C) groups is 2. The number of carboxylic acids is 1. The van der Waals surface area contributed by atoms with Crippen molar-refractivity contribution in [2.24, 2.45) is 15.4 Å². The molecule has 38 heavy (non-hydrogen) atoms. The van der Waals surface area contributed by atoms with Gasteiger partial charge < -0.3 is 20.1 Å². The normalized spacial score (nSPS) is 28.6. The molecular weight excluding hydrogens is 582 g/mol. The number of carbonyl (C=O) groups is 1. The van der Waals surface area contributed by atoms with Crippen LogP contribution < -0.4 is 15.3 Å². The fourth-order valence-electron chi connectivity index (χ4n) is 5.10. The number of likely N-dealkylation sites (N-methyl/N-ethyl adjacent to an activating group) is 1.